The van der Waals surface area contributed by atoms with Crippen LogP contribution in [0.25, 0.3) is 0 Å². The number of ether oxygens (including phenoxy) is 1. The van der Waals surface area contributed by atoms with Gasteiger partial charge in [-0.2, -0.15) is 0 Å². The largest absolute Gasteiger partial charge is 0.374 e. The van der Waals surface area contributed by atoms with Gasteiger partial charge >= 0.3 is 0 Å². The molecule has 1 saturated heterocycles. The Bertz CT molecular complexity index is 393. The topological polar surface area (TPSA) is 55.3 Å². The number of hydrogen-bond donors (Lipinski definition) is 0. The van der Waals surface area contributed by atoms with Crippen LogP contribution in [0.5, 0.6) is 0 Å². The minimum Gasteiger partial charge on any atom is -0.374 e. The smallest absolute Gasteiger partial charge is 0.275 e. The summed E-state index contributed by atoms with van der Waals surface area (Å²) in [6.07, 6.45) is 4.75. The summed E-state index contributed by atoms with van der Waals surface area (Å²) in [5.74, 6) is 0.0129. The molecule has 2 fully saturated rings. The van der Waals surface area contributed by atoms with Crippen LogP contribution in [0.15, 0.2) is 5.38 Å². The summed E-state index contributed by atoms with van der Waals surface area (Å²) in [5, 5.41) is 5.58. The number of rotatable bonds is 1. The Morgan fingerprint density at radius 1 is 1.47 bits per heavy atom. The Morgan fingerprint density at radius 3 is 3.18 bits per heavy atom. The zero-order chi connectivity index (χ0) is 11.7. The summed E-state index contributed by atoms with van der Waals surface area (Å²) < 4.78 is 9.51. The molecule has 2 atom stereocenters. The maximum absolute atomic E-state index is 12.3. The molecule has 0 radical (unpaired) electrons. The maximum atomic E-state index is 12.3. The predicted octanol–water partition coefficient (Wildman–Crippen LogP) is 1.32. The van der Waals surface area contributed by atoms with E-state index in [4.69, 9.17) is 4.74 Å². The second kappa shape index (κ2) is 4.70. The standard InChI is InChI=1S/C11H15N3O2S/c15-11(8-7-17-13-12-8)14-5-6-16-10-4-2-1-3-9(10)14/h7,9-10H,1-6H2/t9-,10+/m1/s1. The third-order valence-corrected chi connectivity index (χ3v) is 4.08. The molecule has 1 aromatic rings. The molecule has 0 aromatic carbocycles. The average molecular weight is 253 g/mol. The molecule has 5 nitrogen and oxygen atoms in total. The van der Waals surface area contributed by atoms with Gasteiger partial charge < -0.3 is 9.64 Å². The van der Waals surface area contributed by atoms with Crippen molar-refractivity contribution in [3.05, 3.63) is 11.1 Å². The van der Waals surface area contributed by atoms with E-state index < -0.39 is 0 Å². The summed E-state index contributed by atoms with van der Waals surface area (Å²) in [6, 6.07) is 0.242. The van der Waals surface area contributed by atoms with Crippen molar-refractivity contribution in [1.82, 2.24) is 14.5 Å². The molecule has 1 saturated carbocycles. The van der Waals surface area contributed by atoms with Crippen molar-refractivity contribution >= 4 is 17.4 Å². The van der Waals surface area contributed by atoms with E-state index in [1.54, 1.807) is 5.38 Å². The monoisotopic (exact) mass is 253 g/mol. The van der Waals surface area contributed by atoms with Gasteiger partial charge in [0.15, 0.2) is 5.69 Å². The summed E-state index contributed by atoms with van der Waals surface area (Å²) >= 11 is 1.22. The van der Waals surface area contributed by atoms with Crippen LogP contribution in [0, 0.1) is 0 Å². The van der Waals surface area contributed by atoms with E-state index >= 15 is 0 Å². The van der Waals surface area contributed by atoms with E-state index in [2.05, 4.69) is 9.59 Å². The van der Waals surface area contributed by atoms with Crippen LogP contribution in [0.2, 0.25) is 0 Å². The Hall–Kier alpha value is -1.01. The van der Waals surface area contributed by atoms with Crippen molar-refractivity contribution in [3.8, 4) is 0 Å². The minimum atomic E-state index is 0.0129. The molecule has 2 aliphatic rings. The van der Waals surface area contributed by atoms with Gasteiger partial charge in [0, 0.05) is 11.9 Å². The highest BCUT2D eigenvalue weighted by Gasteiger charge is 2.37. The van der Waals surface area contributed by atoms with E-state index in [0.29, 0.717) is 18.8 Å². The summed E-state index contributed by atoms with van der Waals surface area (Å²) in [7, 11) is 0. The number of carbonyl (C=O) groups is 1. The lowest BCUT2D eigenvalue weighted by atomic mass is 9.90. The first-order chi connectivity index (χ1) is 8.36. The number of nitrogens with zero attached hydrogens (tertiary/aromatic N) is 3. The molecular formula is C11H15N3O2S. The van der Waals surface area contributed by atoms with Crippen molar-refractivity contribution in [2.24, 2.45) is 0 Å². The van der Waals surface area contributed by atoms with Crippen LogP contribution in [-0.2, 0) is 4.74 Å². The molecule has 0 bridgehead atoms. The minimum absolute atomic E-state index is 0.0129. The van der Waals surface area contributed by atoms with Crippen LogP contribution in [0.3, 0.4) is 0 Å². The molecule has 2 heterocycles. The highest BCUT2D eigenvalue weighted by molar-refractivity contribution is 7.03. The molecule has 0 unspecified atom stereocenters. The van der Waals surface area contributed by atoms with Crippen molar-refractivity contribution in [1.29, 1.82) is 0 Å². The van der Waals surface area contributed by atoms with Gasteiger partial charge in [-0.25, -0.2) is 0 Å². The van der Waals surface area contributed by atoms with Crippen LogP contribution >= 0.6 is 11.5 Å². The van der Waals surface area contributed by atoms with Crippen molar-refractivity contribution < 1.29 is 9.53 Å². The second-order valence-corrected chi connectivity index (χ2v) is 5.16. The fourth-order valence-corrected chi connectivity index (χ4v) is 3.18. The van der Waals surface area contributed by atoms with Crippen LogP contribution in [-0.4, -0.2) is 45.7 Å². The first-order valence-corrected chi connectivity index (χ1v) is 6.89. The Morgan fingerprint density at radius 2 is 2.35 bits per heavy atom. The predicted molar refractivity (Wildman–Crippen MR) is 62.9 cm³/mol. The quantitative estimate of drug-likeness (QED) is 0.757. The molecule has 1 aliphatic heterocycles. The number of fused-ring (bicyclic) bond motifs is 1. The van der Waals surface area contributed by atoms with Gasteiger partial charge in [0.05, 0.1) is 18.8 Å². The molecule has 1 aromatic heterocycles. The average Bonchev–Trinajstić information content (AvgIpc) is 2.91. The van der Waals surface area contributed by atoms with Gasteiger partial charge in [-0.05, 0) is 24.4 Å². The molecule has 0 spiro atoms. The summed E-state index contributed by atoms with van der Waals surface area (Å²) in [5.41, 5.74) is 0.473. The SMILES string of the molecule is O=C(c1csnn1)N1CCO[C@H]2CCCC[C@H]21. The highest BCUT2D eigenvalue weighted by Crippen LogP contribution is 2.29. The van der Waals surface area contributed by atoms with Gasteiger partial charge in [-0.1, -0.05) is 17.3 Å². The highest BCUT2D eigenvalue weighted by atomic mass is 32.1. The molecule has 3 rings (SSSR count). The van der Waals surface area contributed by atoms with Gasteiger partial charge in [0.25, 0.3) is 5.91 Å². The normalized spacial score (nSPS) is 28.8. The maximum Gasteiger partial charge on any atom is 0.275 e. The first-order valence-electron chi connectivity index (χ1n) is 6.06. The second-order valence-electron chi connectivity index (χ2n) is 4.55. The fourth-order valence-electron chi connectivity index (χ4n) is 2.75. The lowest BCUT2D eigenvalue weighted by Crippen LogP contribution is -2.54. The van der Waals surface area contributed by atoms with Gasteiger partial charge in [0.2, 0.25) is 0 Å². The molecule has 6 heteroatoms. The number of carbonyl (C=O) groups excluding carboxylic acids is 1. The lowest BCUT2D eigenvalue weighted by molar-refractivity contribution is -0.0754. The van der Waals surface area contributed by atoms with Gasteiger partial charge in [-0.3, -0.25) is 4.79 Å². The van der Waals surface area contributed by atoms with Gasteiger partial charge in [-0.15, -0.1) is 5.10 Å². The van der Waals surface area contributed by atoms with Crippen LogP contribution in [0.1, 0.15) is 36.2 Å². The van der Waals surface area contributed by atoms with Crippen LogP contribution < -0.4 is 0 Å². The lowest BCUT2D eigenvalue weighted by Gasteiger charge is -2.43. The van der Waals surface area contributed by atoms with E-state index in [0.717, 1.165) is 12.8 Å². The van der Waals surface area contributed by atoms with Crippen LogP contribution in [0.4, 0.5) is 0 Å². The van der Waals surface area contributed by atoms with E-state index in [9.17, 15) is 4.79 Å². The number of morpholine rings is 1. The molecule has 1 aliphatic carbocycles. The molecular weight excluding hydrogens is 238 g/mol. The zero-order valence-corrected chi connectivity index (χ0v) is 10.4. The van der Waals surface area contributed by atoms with Gasteiger partial charge in [0.1, 0.15) is 0 Å². The Labute approximate surface area is 104 Å². The third-order valence-electron chi connectivity index (χ3n) is 3.57. The fraction of sp³-hybridized carbons (Fsp3) is 0.727. The summed E-state index contributed by atoms with van der Waals surface area (Å²) in [6.45, 7) is 1.32. The number of aromatic nitrogens is 2. The number of amides is 1. The Balaban J connectivity index is 1.79. The first kappa shape index (κ1) is 11.1. The van der Waals surface area contributed by atoms with Crippen molar-refractivity contribution in [2.75, 3.05) is 13.2 Å². The molecule has 17 heavy (non-hydrogen) atoms. The number of hydrogen-bond acceptors (Lipinski definition) is 5. The van der Waals surface area contributed by atoms with Crippen molar-refractivity contribution in [2.45, 2.75) is 37.8 Å². The van der Waals surface area contributed by atoms with Crippen molar-refractivity contribution in [3.63, 3.8) is 0 Å². The zero-order valence-electron chi connectivity index (χ0n) is 9.54. The van der Waals surface area contributed by atoms with E-state index in [1.807, 2.05) is 4.90 Å². The molecule has 92 valence electrons. The third kappa shape index (κ3) is 2.07. The molecule has 0 N–H and O–H groups in total. The van der Waals surface area contributed by atoms with E-state index in [1.165, 1.54) is 24.4 Å². The van der Waals surface area contributed by atoms with E-state index in [-0.39, 0.29) is 18.1 Å². The summed E-state index contributed by atoms with van der Waals surface area (Å²) in [4.78, 5) is 14.2. The molecule has 1 amide bonds. The Kier molecular flexibility index (Phi) is 3.07.